The molecule has 0 fully saturated rings. The maximum absolute atomic E-state index is 12.2. The summed E-state index contributed by atoms with van der Waals surface area (Å²) in [5, 5.41) is 28.5. The van der Waals surface area contributed by atoms with Crippen LogP contribution in [0.1, 0.15) is 39.5 Å². The Morgan fingerprint density at radius 1 is 1.23 bits per heavy atom. The molecule has 0 radical (unpaired) electrons. The van der Waals surface area contributed by atoms with Crippen molar-refractivity contribution in [3.8, 4) is 5.88 Å². The van der Waals surface area contributed by atoms with E-state index < -0.39 is 11.5 Å². The normalized spacial score (nSPS) is 12.3. The number of hydrogen-bond donors (Lipinski definition) is 3. The van der Waals surface area contributed by atoms with Crippen molar-refractivity contribution in [2.75, 3.05) is 0 Å². The van der Waals surface area contributed by atoms with Crippen molar-refractivity contribution in [2.24, 2.45) is 10.2 Å². The van der Waals surface area contributed by atoms with Gasteiger partial charge in [0.25, 0.3) is 5.91 Å². The monoisotopic (exact) mass is 303 g/mol. The van der Waals surface area contributed by atoms with Gasteiger partial charge in [-0.2, -0.15) is 0 Å². The molecular weight excluding hydrogens is 282 g/mol. The molecule has 6 nitrogen and oxygen atoms in total. The van der Waals surface area contributed by atoms with Gasteiger partial charge in [-0.05, 0) is 18.9 Å². The van der Waals surface area contributed by atoms with E-state index in [1.165, 1.54) is 0 Å². The van der Waals surface area contributed by atoms with E-state index in [4.69, 9.17) is 0 Å². The van der Waals surface area contributed by atoms with Crippen LogP contribution in [0.3, 0.4) is 0 Å². The number of hydrogen-bond acceptors (Lipinski definition) is 4. The molecule has 6 heteroatoms. The molecule has 3 N–H and O–H groups in total. The SMILES string of the molecule is CCCC(O)(CCC)C(=O)N=Nc1c(O)[nH]c2ccccc12. The molecule has 0 bridgehead atoms. The summed E-state index contributed by atoms with van der Waals surface area (Å²) in [5.41, 5.74) is -0.563. The highest BCUT2D eigenvalue weighted by atomic mass is 16.3. The van der Waals surface area contributed by atoms with Crippen molar-refractivity contribution in [1.82, 2.24) is 4.98 Å². The van der Waals surface area contributed by atoms with Gasteiger partial charge >= 0.3 is 0 Å². The molecule has 22 heavy (non-hydrogen) atoms. The molecule has 0 saturated heterocycles. The van der Waals surface area contributed by atoms with Gasteiger partial charge in [-0.3, -0.25) is 4.79 Å². The van der Waals surface area contributed by atoms with Crippen LogP contribution in [0, 0.1) is 0 Å². The standard InChI is InChI=1S/C16H21N3O3/c1-3-9-16(22,10-4-2)15(21)19-18-13-11-7-5-6-8-12(11)17-14(13)20/h5-8,17,20,22H,3-4,9-10H2,1-2H3. The summed E-state index contributed by atoms with van der Waals surface area (Å²) < 4.78 is 0. The minimum Gasteiger partial charge on any atom is -0.493 e. The van der Waals surface area contributed by atoms with Crippen LogP contribution in [0.2, 0.25) is 0 Å². The van der Waals surface area contributed by atoms with E-state index in [9.17, 15) is 15.0 Å². The first-order valence-electron chi connectivity index (χ1n) is 7.50. The third-order valence-electron chi connectivity index (χ3n) is 3.63. The van der Waals surface area contributed by atoms with E-state index >= 15 is 0 Å². The number of H-pyrrole nitrogens is 1. The summed E-state index contributed by atoms with van der Waals surface area (Å²) in [4.78, 5) is 15.0. The second-order valence-corrected chi connectivity index (χ2v) is 5.40. The number of benzene rings is 1. The summed E-state index contributed by atoms with van der Waals surface area (Å²) in [7, 11) is 0. The number of nitrogens with zero attached hydrogens (tertiary/aromatic N) is 2. The van der Waals surface area contributed by atoms with Crippen LogP contribution in [-0.4, -0.2) is 26.7 Å². The summed E-state index contributed by atoms with van der Waals surface area (Å²) in [5.74, 6) is -0.812. The number of carbonyl (C=O) groups is 1. The smallest absolute Gasteiger partial charge is 0.296 e. The van der Waals surface area contributed by atoms with Crippen molar-refractivity contribution in [3.05, 3.63) is 24.3 Å². The quantitative estimate of drug-likeness (QED) is 0.707. The lowest BCUT2D eigenvalue weighted by atomic mass is 9.92. The number of rotatable bonds is 6. The Labute approximate surface area is 128 Å². The predicted molar refractivity (Wildman–Crippen MR) is 84.3 cm³/mol. The highest BCUT2D eigenvalue weighted by Crippen LogP contribution is 2.35. The molecule has 0 aliphatic carbocycles. The zero-order valence-electron chi connectivity index (χ0n) is 12.8. The fourth-order valence-electron chi connectivity index (χ4n) is 2.57. The zero-order valence-corrected chi connectivity index (χ0v) is 12.8. The largest absolute Gasteiger partial charge is 0.493 e. The van der Waals surface area contributed by atoms with Crippen LogP contribution in [-0.2, 0) is 4.79 Å². The molecule has 1 heterocycles. The van der Waals surface area contributed by atoms with E-state index in [0.29, 0.717) is 36.6 Å². The third kappa shape index (κ3) is 3.17. The Hall–Kier alpha value is -2.21. The molecule has 1 amide bonds. The van der Waals surface area contributed by atoms with Crippen LogP contribution in [0.15, 0.2) is 34.5 Å². The molecule has 2 aromatic rings. The van der Waals surface area contributed by atoms with Crippen molar-refractivity contribution < 1.29 is 15.0 Å². The van der Waals surface area contributed by atoms with Crippen LogP contribution in [0.4, 0.5) is 5.69 Å². The van der Waals surface area contributed by atoms with Crippen LogP contribution < -0.4 is 0 Å². The molecule has 1 aromatic carbocycles. The lowest BCUT2D eigenvalue weighted by Crippen LogP contribution is -2.37. The van der Waals surface area contributed by atoms with E-state index in [2.05, 4.69) is 15.2 Å². The van der Waals surface area contributed by atoms with E-state index in [1.807, 2.05) is 19.9 Å². The number of nitrogens with one attached hydrogen (secondary N) is 1. The average molecular weight is 303 g/mol. The molecule has 0 unspecified atom stereocenters. The summed E-state index contributed by atoms with van der Waals surface area (Å²) in [6, 6.07) is 7.20. The van der Waals surface area contributed by atoms with Crippen LogP contribution in [0.5, 0.6) is 5.88 Å². The molecule has 0 aliphatic heterocycles. The zero-order chi connectivity index (χ0) is 16.2. The van der Waals surface area contributed by atoms with Crippen molar-refractivity contribution in [2.45, 2.75) is 45.1 Å². The maximum atomic E-state index is 12.2. The minimum atomic E-state index is -1.48. The Morgan fingerprint density at radius 3 is 2.50 bits per heavy atom. The van der Waals surface area contributed by atoms with Crippen molar-refractivity contribution in [1.29, 1.82) is 0 Å². The van der Waals surface area contributed by atoms with Gasteiger partial charge in [0.1, 0.15) is 5.60 Å². The number of aliphatic hydroxyl groups is 1. The van der Waals surface area contributed by atoms with E-state index in [1.54, 1.807) is 18.2 Å². The molecule has 0 saturated carbocycles. The van der Waals surface area contributed by atoms with Gasteiger partial charge in [0.05, 0.1) is 5.52 Å². The summed E-state index contributed by atoms with van der Waals surface area (Å²) in [6.07, 6.45) is 2.04. The first-order valence-corrected chi connectivity index (χ1v) is 7.50. The predicted octanol–water partition coefficient (Wildman–Crippen LogP) is 3.82. The Morgan fingerprint density at radius 2 is 1.86 bits per heavy atom. The summed E-state index contributed by atoms with van der Waals surface area (Å²) in [6.45, 7) is 3.80. The van der Waals surface area contributed by atoms with E-state index in [-0.39, 0.29) is 11.6 Å². The molecule has 2 rings (SSSR count). The van der Waals surface area contributed by atoms with Gasteiger partial charge in [-0.25, -0.2) is 0 Å². The van der Waals surface area contributed by atoms with E-state index in [0.717, 1.165) is 0 Å². The average Bonchev–Trinajstić information content (AvgIpc) is 2.80. The number of azo groups is 1. The minimum absolute atomic E-state index is 0.146. The second-order valence-electron chi connectivity index (χ2n) is 5.40. The number of fused-ring (bicyclic) bond motifs is 1. The number of para-hydroxylation sites is 1. The summed E-state index contributed by atoms with van der Waals surface area (Å²) >= 11 is 0. The highest BCUT2D eigenvalue weighted by molar-refractivity contribution is 5.94. The number of aromatic nitrogens is 1. The first-order chi connectivity index (χ1) is 10.5. The van der Waals surface area contributed by atoms with Gasteiger partial charge in [-0.15, -0.1) is 10.2 Å². The lowest BCUT2D eigenvalue weighted by Gasteiger charge is -2.22. The maximum Gasteiger partial charge on any atom is 0.296 e. The Kier molecular flexibility index (Phi) is 4.92. The highest BCUT2D eigenvalue weighted by Gasteiger charge is 2.34. The second kappa shape index (κ2) is 6.70. The van der Waals surface area contributed by atoms with Gasteiger partial charge in [0, 0.05) is 5.39 Å². The van der Waals surface area contributed by atoms with Crippen molar-refractivity contribution >= 4 is 22.5 Å². The first kappa shape index (κ1) is 16.2. The van der Waals surface area contributed by atoms with Crippen LogP contribution in [0.25, 0.3) is 10.9 Å². The number of carbonyl (C=O) groups excluding carboxylic acids is 1. The van der Waals surface area contributed by atoms with Crippen LogP contribution >= 0.6 is 0 Å². The molecular formula is C16H21N3O3. The van der Waals surface area contributed by atoms with Gasteiger partial charge in [0.2, 0.25) is 5.88 Å². The number of aromatic hydroxyl groups is 1. The van der Waals surface area contributed by atoms with Crippen molar-refractivity contribution in [3.63, 3.8) is 0 Å². The fourth-order valence-corrected chi connectivity index (χ4v) is 2.57. The van der Waals surface area contributed by atoms with Gasteiger partial charge < -0.3 is 15.2 Å². The molecule has 0 atom stereocenters. The number of aromatic amines is 1. The topological polar surface area (TPSA) is 98.0 Å². The lowest BCUT2D eigenvalue weighted by molar-refractivity contribution is -0.138. The van der Waals surface area contributed by atoms with Gasteiger partial charge in [0.15, 0.2) is 5.69 Å². The molecule has 0 aliphatic rings. The Bertz CT molecular complexity index is 685. The van der Waals surface area contributed by atoms with Gasteiger partial charge in [-0.1, -0.05) is 44.9 Å². The Balaban J connectivity index is 2.29. The molecule has 118 valence electrons. The fraction of sp³-hybridized carbons (Fsp3) is 0.438. The third-order valence-corrected chi connectivity index (χ3v) is 3.63. The molecule has 0 spiro atoms. The molecule has 1 aromatic heterocycles. The number of amides is 1.